The average Bonchev–Trinajstić information content (AvgIpc) is 3.41. The fraction of sp³-hybridized carbons (Fsp3) is 0.281. The van der Waals surface area contributed by atoms with Gasteiger partial charge < -0.3 is 25.4 Å². The summed E-state index contributed by atoms with van der Waals surface area (Å²) in [5.41, 5.74) is 0.579. The second-order valence-corrected chi connectivity index (χ2v) is 12.5. The third-order valence-corrected chi connectivity index (χ3v) is 8.19. The van der Waals surface area contributed by atoms with E-state index in [0.717, 1.165) is 35.0 Å². The van der Waals surface area contributed by atoms with Crippen LogP contribution in [-0.2, 0) is 19.3 Å². The van der Waals surface area contributed by atoms with Crippen molar-refractivity contribution in [3.63, 3.8) is 0 Å². The Hall–Kier alpha value is -3.92. The maximum absolute atomic E-state index is 13.7. The zero-order valence-electron chi connectivity index (χ0n) is 25.1. The van der Waals surface area contributed by atoms with Crippen LogP contribution in [0.2, 0.25) is 0 Å². The highest BCUT2D eigenvalue weighted by Gasteiger charge is 2.30. The number of carbonyl (C=O) groups is 2. The minimum atomic E-state index is -4.52. The van der Waals surface area contributed by atoms with Crippen LogP contribution in [0.15, 0.2) is 70.5 Å². The highest BCUT2D eigenvalue weighted by molar-refractivity contribution is 9.10. The second kappa shape index (κ2) is 15.8. The highest BCUT2D eigenvalue weighted by Crippen LogP contribution is 2.29. The molecule has 250 valence electrons. The molecule has 2 amide bonds. The SMILES string of the molecule is Cc1csc(CN(C)C(=O)c2cc(Br)cc(C(=O)NC(COc3cc(F)cc(F)c3)C(O)CNCc3cccc(C(F)(F)F)c3)c2)n1. The number of nitrogens with one attached hydrogen (secondary N) is 2. The molecule has 0 radical (unpaired) electrons. The standard InChI is InChI=1S/C32H30BrF5N4O4S/c1-18-17-47-29(40-18)15-42(2)31(45)21-7-20(8-23(33)9-21)30(44)41-27(16-46-26-11-24(34)10-25(35)12-26)28(43)14-39-13-19-4-3-5-22(6-19)32(36,37)38/h3-12,17,27-28,39,43H,13-16H2,1-2H3,(H,41,44). The zero-order chi connectivity index (χ0) is 34.3. The minimum absolute atomic E-state index is 0.0389. The second-order valence-electron chi connectivity index (χ2n) is 10.7. The largest absolute Gasteiger partial charge is 0.491 e. The Bertz CT molecular complexity index is 1700. The number of thiazole rings is 1. The summed E-state index contributed by atoms with van der Waals surface area (Å²) in [4.78, 5) is 32.4. The van der Waals surface area contributed by atoms with Gasteiger partial charge in [0, 0.05) is 65.0 Å². The van der Waals surface area contributed by atoms with Crippen molar-refractivity contribution in [1.82, 2.24) is 20.5 Å². The predicted octanol–water partition coefficient (Wildman–Crippen LogP) is 6.11. The zero-order valence-corrected chi connectivity index (χ0v) is 27.5. The maximum atomic E-state index is 13.7. The summed E-state index contributed by atoms with van der Waals surface area (Å²) in [5.74, 6) is -3.07. The Morgan fingerprint density at radius 3 is 2.43 bits per heavy atom. The highest BCUT2D eigenvalue weighted by atomic mass is 79.9. The number of aliphatic hydroxyl groups is 1. The van der Waals surface area contributed by atoms with Crippen molar-refractivity contribution in [3.8, 4) is 5.75 Å². The van der Waals surface area contributed by atoms with Gasteiger partial charge in [0.15, 0.2) is 0 Å². The van der Waals surface area contributed by atoms with E-state index >= 15 is 0 Å². The van der Waals surface area contributed by atoms with Gasteiger partial charge in [-0.05, 0) is 36.8 Å². The van der Waals surface area contributed by atoms with Crippen LogP contribution in [0.25, 0.3) is 0 Å². The first-order valence-electron chi connectivity index (χ1n) is 14.1. The number of ether oxygens (including phenoxy) is 1. The molecule has 4 rings (SSSR count). The van der Waals surface area contributed by atoms with E-state index in [-0.39, 0.29) is 42.4 Å². The van der Waals surface area contributed by atoms with Crippen LogP contribution in [0.1, 0.15) is 42.5 Å². The Balaban J connectivity index is 1.48. The number of aryl methyl sites for hydroxylation is 1. The van der Waals surface area contributed by atoms with Crippen molar-refractivity contribution in [2.45, 2.75) is 38.3 Å². The number of rotatable bonds is 13. The van der Waals surface area contributed by atoms with Crippen LogP contribution in [0, 0.1) is 18.6 Å². The molecule has 0 saturated carbocycles. The van der Waals surface area contributed by atoms with E-state index in [2.05, 4.69) is 31.5 Å². The molecule has 8 nitrogen and oxygen atoms in total. The molecule has 2 atom stereocenters. The molecule has 2 unspecified atom stereocenters. The lowest BCUT2D eigenvalue weighted by Gasteiger charge is -2.25. The Morgan fingerprint density at radius 2 is 1.77 bits per heavy atom. The van der Waals surface area contributed by atoms with Crippen molar-refractivity contribution in [3.05, 3.63) is 115 Å². The number of amides is 2. The molecule has 4 aromatic rings. The van der Waals surface area contributed by atoms with Crippen molar-refractivity contribution in [1.29, 1.82) is 0 Å². The van der Waals surface area contributed by atoms with Crippen LogP contribution in [0.4, 0.5) is 22.0 Å². The first-order chi connectivity index (χ1) is 22.2. The summed E-state index contributed by atoms with van der Waals surface area (Å²) in [7, 11) is 1.60. The Kier molecular flexibility index (Phi) is 12.1. The number of nitrogens with zero attached hydrogens (tertiary/aromatic N) is 2. The molecule has 1 aromatic heterocycles. The van der Waals surface area contributed by atoms with Crippen LogP contribution < -0.4 is 15.4 Å². The number of aliphatic hydroxyl groups excluding tert-OH is 1. The lowest BCUT2D eigenvalue weighted by molar-refractivity contribution is -0.137. The summed E-state index contributed by atoms with van der Waals surface area (Å²) in [6.45, 7) is 1.43. The van der Waals surface area contributed by atoms with E-state index in [1.807, 2.05) is 12.3 Å². The molecule has 3 N–H and O–H groups in total. The van der Waals surface area contributed by atoms with Gasteiger partial charge in [-0.3, -0.25) is 9.59 Å². The topological polar surface area (TPSA) is 104 Å². The van der Waals surface area contributed by atoms with Gasteiger partial charge in [0.05, 0.1) is 24.3 Å². The van der Waals surface area contributed by atoms with Crippen molar-refractivity contribution in [2.75, 3.05) is 20.2 Å². The van der Waals surface area contributed by atoms with E-state index in [4.69, 9.17) is 4.74 Å². The number of carbonyl (C=O) groups excluding carboxylic acids is 2. The van der Waals surface area contributed by atoms with Gasteiger partial charge in [0.1, 0.15) is 29.0 Å². The van der Waals surface area contributed by atoms with Crippen LogP contribution in [-0.4, -0.2) is 59.1 Å². The molecule has 15 heteroatoms. The quantitative estimate of drug-likeness (QED) is 0.143. The molecule has 0 saturated heterocycles. The molecule has 0 aliphatic heterocycles. The molecule has 3 aromatic carbocycles. The molecule has 47 heavy (non-hydrogen) atoms. The summed E-state index contributed by atoms with van der Waals surface area (Å²) in [6, 6.07) is 10.4. The summed E-state index contributed by atoms with van der Waals surface area (Å²) in [6.07, 6.45) is -5.89. The van der Waals surface area contributed by atoms with Gasteiger partial charge in [0.25, 0.3) is 11.8 Å². The van der Waals surface area contributed by atoms with E-state index in [0.29, 0.717) is 16.1 Å². The molecule has 1 heterocycles. The monoisotopic (exact) mass is 740 g/mol. The van der Waals surface area contributed by atoms with Crippen molar-refractivity contribution in [2.24, 2.45) is 0 Å². The molecule has 0 aliphatic carbocycles. The smallest absolute Gasteiger partial charge is 0.416 e. The fourth-order valence-corrected chi connectivity index (χ4v) is 5.79. The van der Waals surface area contributed by atoms with Crippen LogP contribution in [0.3, 0.4) is 0 Å². The van der Waals surface area contributed by atoms with E-state index in [9.17, 15) is 36.6 Å². The lowest BCUT2D eigenvalue weighted by atomic mass is 10.1. The summed E-state index contributed by atoms with van der Waals surface area (Å²) >= 11 is 4.74. The molecule has 0 bridgehead atoms. The van der Waals surface area contributed by atoms with E-state index in [1.54, 1.807) is 13.1 Å². The molecule has 0 spiro atoms. The first kappa shape index (κ1) is 35.9. The third kappa shape index (κ3) is 10.5. The average molecular weight is 742 g/mol. The molecule has 0 fully saturated rings. The minimum Gasteiger partial charge on any atom is -0.491 e. The number of halogens is 6. The number of hydrogen-bond donors (Lipinski definition) is 3. The number of hydrogen-bond acceptors (Lipinski definition) is 7. The summed E-state index contributed by atoms with van der Waals surface area (Å²) < 4.78 is 72.7. The van der Waals surface area contributed by atoms with Gasteiger partial charge in [-0.25, -0.2) is 13.8 Å². The fourth-order valence-electron chi connectivity index (χ4n) is 4.48. The van der Waals surface area contributed by atoms with Gasteiger partial charge in [-0.2, -0.15) is 13.2 Å². The number of aromatic nitrogens is 1. The predicted molar refractivity (Wildman–Crippen MR) is 169 cm³/mol. The third-order valence-electron chi connectivity index (χ3n) is 6.78. The van der Waals surface area contributed by atoms with Gasteiger partial charge in [-0.15, -0.1) is 11.3 Å². The molecular weight excluding hydrogens is 711 g/mol. The first-order valence-corrected chi connectivity index (χ1v) is 15.8. The van der Waals surface area contributed by atoms with Crippen LogP contribution >= 0.6 is 27.3 Å². The molecule has 0 aliphatic rings. The summed E-state index contributed by atoms with van der Waals surface area (Å²) in [5, 5.41) is 19.1. The van der Waals surface area contributed by atoms with E-state index < -0.39 is 48.0 Å². The normalized spacial score (nSPS) is 12.8. The van der Waals surface area contributed by atoms with Crippen molar-refractivity contribution >= 4 is 39.1 Å². The van der Waals surface area contributed by atoms with Gasteiger partial charge in [-0.1, -0.05) is 34.1 Å². The van der Waals surface area contributed by atoms with Gasteiger partial charge >= 0.3 is 6.18 Å². The maximum Gasteiger partial charge on any atom is 0.416 e. The van der Waals surface area contributed by atoms with E-state index in [1.165, 1.54) is 40.5 Å². The van der Waals surface area contributed by atoms with Gasteiger partial charge in [0.2, 0.25) is 0 Å². The number of benzene rings is 3. The lowest BCUT2D eigenvalue weighted by Crippen LogP contribution is -2.50. The van der Waals surface area contributed by atoms with Crippen LogP contribution in [0.5, 0.6) is 5.75 Å². The Labute approximate surface area is 279 Å². The number of alkyl halides is 3. The van der Waals surface area contributed by atoms with Crippen molar-refractivity contribution < 1.29 is 41.4 Å². The Morgan fingerprint density at radius 1 is 1.06 bits per heavy atom. The molecular formula is C32H30BrF5N4O4S.